The molecule has 4 rings (SSSR count). The lowest BCUT2D eigenvalue weighted by Gasteiger charge is -2.62. The van der Waals surface area contributed by atoms with Crippen LogP contribution < -0.4 is 0 Å². The van der Waals surface area contributed by atoms with Gasteiger partial charge in [-0.25, -0.2) is 0 Å². The van der Waals surface area contributed by atoms with E-state index in [2.05, 4.69) is 20.8 Å². The molecular weight excluding hydrogens is 388 g/mol. The van der Waals surface area contributed by atoms with Crippen molar-refractivity contribution in [2.75, 3.05) is 6.61 Å². The minimum absolute atomic E-state index is 0.0466. The van der Waals surface area contributed by atoms with Gasteiger partial charge in [0.15, 0.2) is 0 Å². The molecule has 4 aliphatic rings. The van der Waals surface area contributed by atoms with Gasteiger partial charge >= 0.3 is 0 Å². The first-order valence-corrected chi connectivity index (χ1v) is 13.3. The molecule has 0 aromatic carbocycles. The lowest BCUT2D eigenvalue weighted by Crippen LogP contribution is -2.58. The highest BCUT2D eigenvalue weighted by molar-refractivity contribution is 5.11. The standard InChI is InChI=1S/C27H48O4/c1-16(5-8-23(30)17(2)15-28)20-6-7-21-25-22(10-12-27(20,21)4)26(3)11-9-19(29)13-18(26)14-24(25)31/h16-25,28-31H,5-15H2,1-4H3/t16-,17-,18?,19-,20-,21+,22+,23?,24-,25+,26+,27-/m1/s1. The summed E-state index contributed by atoms with van der Waals surface area (Å²) in [6.45, 7) is 9.34. The molecule has 0 saturated heterocycles. The van der Waals surface area contributed by atoms with E-state index in [1.54, 1.807) is 0 Å². The van der Waals surface area contributed by atoms with Crippen LogP contribution in [0.3, 0.4) is 0 Å². The summed E-state index contributed by atoms with van der Waals surface area (Å²) >= 11 is 0. The minimum Gasteiger partial charge on any atom is -0.396 e. The Morgan fingerprint density at radius 2 is 1.55 bits per heavy atom. The van der Waals surface area contributed by atoms with Gasteiger partial charge in [-0.2, -0.15) is 0 Å². The summed E-state index contributed by atoms with van der Waals surface area (Å²) in [5.41, 5.74) is 0.588. The summed E-state index contributed by atoms with van der Waals surface area (Å²) < 4.78 is 0. The molecule has 4 fully saturated rings. The van der Waals surface area contributed by atoms with Gasteiger partial charge in [0.05, 0.1) is 18.3 Å². The molecule has 12 atom stereocenters. The average molecular weight is 437 g/mol. The fourth-order valence-corrected chi connectivity index (χ4v) is 9.22. The van der Waals surface area contributed by atoms with Gasteiger partial charge in [0.1, 0.15) is 0 Å². The topological polar surface area (TPSA) is 80.9 Å². The summed E-state index contributed by atoms with van der Waals surface area (Å²) in [7, 11) is 0. The normalized spacial score (nSPS) is 50.1. The Labute approximate surface area is 189 Å². The third-order valence-corrected chi connectivity index (χ3v) is 11.3. The number of hydrogen-bond donors (Lipinski definition) is 4. The molecular formula is C27H48O4. The molecule has 0 spiro atoms. The largest absolute Gasteiger partial charge is 0.396 e. The number of aliphatic hydroxyl groups excluding tert-OH is 4. The number of fused-ring (bicyclic) bond motifs is 5. The maximum absolute atomic E-state index is 11.4. The molecule has 4 N–H and O–H groups in total. The van der Waals surface area contributed by atoms with Crippen molar-refractivity contribution >= 4 is 0 Å². The van der Waals surface area contributed by atoms with Gasteiger partial charge in [0.25, 0.3) is 0 Å². The Hall–Kier alpha value is -0.160. The molecule has 4 saturated carbocycles. The molecule has 0 aromatic heterocycles. The van der Waals surface area contributed by atoms with Crippen LogP contribution in [0.5, 0.6) is 0 Å². The maximum Gasteiger partial charge on any atom is 0.0587 e. The highest BCUT2D eigenvalue weighted by Gasteiger charge is 2.62. The van der Waals surface area contributed by atoms with Gasteiger partial charge in [-0.15, -0.1) is 0 Å². The Balaban J connectivity index is 1.48. The van der Waals surface area contributed by atoms with Crippen molar-refractivity contribution < 1.29 is 20.4 Å². The van der Waals surface area contributed by atoms with E-state index in [4.69, 9.17) is 0 Å². The van der Waals surface area contributed by atoms with E-state index >= 15 is 0 Å². The summed E-state index contributed by atoms with van der Waals surface area (Å²) in [4.78, 5) is 0. The molecule has 180 valence electrons. The van der Waals surface area contributed by atoms with Crippen LogP contribution in [0.4, 0.5) is 0 Å². The zero-order valence-electron chi connectivity index (χ0n) is 20.3. The van der Waals surface area contributed by atoms with Crippen LogP contribution in [0.15, 0.2) is 0 Å². The second-order valence-electron chi connectivity index (χ2n) is 12.7. The van der Waals surface area contributed by atoms with Crippen LogP contribution in [0.1, 0.15) is 91.9 Å². The van der Waals surface area contributed by atoms with Gasteiger partial charge < -0.3 is 20.4 Å². The van der Waals surface area contributed by atoms with Crippen LogP contribution >= 0.6 is 0 Å². The third-order valence-electron chi connectivity index (χ3n) is 11.3. The quantitative estimate of drug-likeness (QED) is 0.498. The fourth-order valence-electron chi connectivity index (χ4n) is 9.22. The van der Waals surface area contributed by atoms with Crippen LogP contribution in [0.2, 0.25) is 0 Å². The van der Waals surface area contributed by atoms with Crippen LogP contribution in [-0.4, -0.2) is 45.3 Å². The molecule has 0 bridgehead atoms. The molecule has 0 amide bonds. The van der Waals surface area contributed by atoms with E-state index in [0.717, 1.165) is 38.5 Å². The highest BCUT2D eigenvalue weighted by atomic mass is 16.3. The van der Waals surface area contributed by atoms with E-state index in [-0.39, 0.29) is 24.7 Å². The minimum atomic E-state index is -0.410. The zero-order valence-corrected chi connectivity index (χ0v) is 20.3. The first-order chi connectivity index (χ1) is 14.6. The smallest absolute Gasteiger partial charge is 0.0587 e. The summed E-state index contributed by atoms with van der Waals surface area (Å²) in [6, 6.07) is 0. The molecule has 0 radical (unpaired) electrons. The lowest BCUT2D eigenvalue weighted by atomic mass is 9.43. The molecule has 4 heteroatoms. The first kappa shape index (κ1) is 24.0. The second kappa shape index (κ2) is 8.89. The molecule has 0 aliphatic heterocycles. The lowest BCUT2D eigenvalue weighted by molar-refractivity contribution is -0.174. The highest BCUT2D eigenvalue weighted by Crippen LogP contribution is 2.68. The van der Waals surface area contributed by atoms with Crippen LogP contribution in [0, 0.1) is 52.3 Å². The molecule has 4 nitrogen and oxygen atoms in total. The van der Waals surface area contributed by atoms with Crippen LogP contribution in [0.25, 0.3) is 0 Å². The van der Waals surface area contributed by atoms with Crippen molar-refractivity contribution in [3.05, 3.63) is 0 Å². The average Bonchev–Trinajstić information content (AvgIpc) is 3.09. The van der Waals surface area contributed by atoms with Crippen molar-refractivity contribution in [1.29, 1.82) is 0 Å². The summed E-state index contributed by atoms with van der Waals surface area (Å²) in [5.74, 6) is 3.31. The number of rotatable bonds is 6. The summed E-state index contributed by atoms with van der Waals surface area (Å²) in [5, 5.41) is 41.3. The molecule has 2 unspecified atom stereocenters. The Bertz CT molecular complexity index is 624. The van der Waals surface area contributed by atoms with E-state index < -0.39 is 6.10 Å². The Kier molecular flexibility index (Phi) is 6.88. The van der Waals surface area contributed by atoms with Crippen molar-refractivity contribution in [1.82, 2.24) is 0 Å². The van der Waals surface area contributed by atoms with Gasteiger partial charge in [-0.1, -0.05) is 27.7 Å². The SMILES string of the molecule is C[C@H](CO)C(O)CC[C@@H](C)[C@H]1CC[C@H]2[C@@H]3[C@H](O)CC4C[C@H](O)CC[C@]4(C)[C@H]3CC[C@]12C. The monoisotopic (exact) mass is 436 g/mol. The van der Waals surface area contributed by atoms with E-state index in [1.807, 2.05) is 6.92 Å². The van der Waals surface area contributed by atoms with Gasteiger partial charge in [-0.3, -0.25) is 0 Å². The van der Waals surface area contributed by atoms with Crippen LogP contribution in [-0.2, 0) is 0 Å². The number of aliphatic hydroxyl groups is 4. The zero-order chi connectivity index (χ0) is 22.6. The van der Waals surface area contributed by atoms with Crippen molar-refractivity contribution in [3.63, 3.8) is 0 Å². The van der Waals surface area contributed by atoms with Crippen molar-refractivity contribution in [2.24, 2.45) is 52.3 Å². The third kappa shape index (κ3) is 4.02. The molecule has 31 heavy (non-hydrogen) atoms. The fraction of sp³-hybridized carbons (Fsp3) is 1.00. The first-order valence-electron chi connectivity index (χ1n) is 13.3. The molecule has 4 aliphatic carbocycles. The van der Waals surface area contributed by atoms with Gasteiger partial charge in [0.2, 0.25) is 0 Å². The Morgan fingerprint density at radius 1 is 0.871 bits per heavy atom. The van der Waals surface area contributed by atoms with E-state index in [1.165, 1.54) is 25.7 Å². The predicted octanol–water partition coefficient (Wildman–Crippen LogP) is 4.38. The predicted molar refractivity (Wildman–Crippen MR) is 123 cm³/mol. The van der Waals surface area contributed by atoms with Crippen molar-refractivity contribution in [2.45, 2.75) is 110 Å². The van der Waals surface area contributed by atoms with Gasteiger partial charge in [-0.05, 0) is 111 Å². The van der Waals surface area contributed by atoms with Crippen molar-refractivity contribution in [3.8, 4) is 0 Å². The molecule has 0 heterocycles. The van der Waals surface area contributed by atoms with E-state index in [0.29, 0.717) is 46.3 Å². The Morgan fingerprint density at radius 3 is 2.26 bits per heavy atom. The number of hydrogen-bond acceptors (Lipinski definition) is 4. The maximum atomic E-state index is 11.4. The van der Waals surface area contributed by atoms with E-state index in [9.17, 15) is 20.4 Å². The van der Waals surface area contributed by atoms with Gasteiger partial charge in [0, 0.05) is 12.5 Å². The molecule has 0 aromatic rings. The second-order valence-corrected chi connectivity index (χ2v) is 12.7. The summed E-state index contributed by atoms with van der Waals surface area (Å²) in [6.07, 6.45) is 9.81.